The first-order chi connectivity index (χ1) is 7.83. The SMILES string of the molecule is COc1ccc(C(=O)CCC(C)(C)N)c(C)c1. The minimum absolute atomic E-state index is 0.142. The van der Waals surface area contributed by atoms with Gasteiger partial charge < -0.3 is 10.5 Å². The fraction of sp³-hybridized carbons (Fsp3) is 0.500. The van der Waals surface area contributed by atoms with E-state index < -0.39 is 0 Å². The van der Waals surface area contributed by atoms with E-state index in [1.54, 1.807) is 7.11 Å². The van der Waals surface area contributed by atoms with Gasteiger partial charge in [0.25, 0.3) is 0 Å². The Morgan fingerprint density at radius 3 is 2.53 bits per heavy atom. The third-order valence-electron chi connectivity index (χ3n) is 2.73. The highest BCUT2D eigenvalue weighted by Gasteiger charge is 2.15. The van der Waals surface area contributed by atoms with Crippen LogP contribution in [0, 0.1) is 6.92 Å². The van der Waals surface area contributed by atoms with E-state index in [0.717, 1.165) is 16.9 Å². The van der Waals surface area contributed by atoms with E-state index in [1.165, 1.54) is 0 Å². The molecule has 0 atom stereocenters. The maximum absolute atomic E-state index is 12.0. The summed E-state index contributed by atoms with van der Waals surface area (Å²) in [5.74, 6) is 0.918. The zero-order valence-electron chi connectivity index (χ0n) is 11.0. The van der Waals surface area contributed by atoms with Gasteiger partial charge in [0.05, 0.1) is 7.11 Å². The number of benzene rings is 1. The molecule has 1 rings (SSSR count). The van der Waals surface area contributed by atoms with Gasteiger partial charge in [0.2, 0.25) is 0 Å². The Morgan fingerprint density at radius 2 is 2.06 bits per heavy atom. The Labute approximate surface area is 103 Å². The molecule has 0 heterocycles. The lowest BCUT2D eigenvalue weighted by Gasteiger charge is -2.17. The number of rotatable bonds is 5. The predicted octanol–water partition coefficient (Wildman–Crippen LogP) is 2.70. The highest BCUT2D eigenvalue weighted by molar-refractivity contribution is 5.97. The summed E-state index contributed by atoms with van der Waals surface area (Å²) < 4.78 is 5.11. The summed E-state index contributed by atoms with van der Waals surface area (Å²) in [6.45, 7) is 5.78. The first-order valence-electron chi connectivity index (χ1n) is 5.80. The minimum Gasteiger partial charge on any atom is -0.497 e. The first-order valence-corrected chi connectivity index (χ1v) is 5.80. The van der Waals surface area contributed by atoms with Crippen LogP contribution in [0.3, 0.4) is 0 Å². The van der Waals surface area contributed by atoms with Gasteiger partial charge in [-0.2, -0.15) is 0 Å². The fourth-order valence-electron chi connectivity index (χ4n) is 1.65. The highest BCUT2D eigenvalue weighted by Crippen LogP contribution is 2.19. The largest absolute Gasteiger partial charge is 0.497 e. The number of Topliss-reactive ketones (excluding diaryl/α,β-unsaturated/α-hetero) is 1. The van der Waals surface area contributed by atoms with E-state index in [2.05, 4.69) is 0 Å². The minimum atomic E-state index is -0.296. The molecule has 1 aromatic carbocycles. The van der Waals surface area contributed by atoms with E-state index in [1.807, 2.05) is 39.0 Å². The maximum atomic E-state index is 12.0. The van der Waals surface area contributed by atoms with Crippen molar-refractivity contribution in [1.82, 2.24) is 0 Å². The maximum Gasteiger partial charge on any atom is 0.163 e. The van der Waals surface area contributed by atoms with Crippen molar-refractivity contribution in [1.29, 1.82) is 0 Å². The van der Waals surface area contributed by atoms with Gasteiger partial charge in [-0.1, -0.05) is 0 Å². The number of ether oxygens (including phenoxy) is 1. The van der Waals surface area contributed by atoms with Crippen LogP contribution >= 0.6 is 0 Å². The van der Waals surface area contributed by atoms with E-state index in [4.69, 9.17) is 10.5 Å². The average molecular weight is 235 g/mol. The summed E-state index contributed by atoms with van der Waals surface area (Å²) in [5.41, 5.74) is 7.29. The number of carbonyl (C=O) groups is 1. The molecular weight excluding hydrogens is 214 g/mol. The fourth-order valence-corrected chi connectivity index (χ4v) is 1.65. The molecule has 17 heavy (non-hydrogen) atoms. The molecule has 0 spiro atoms. The second-order valence-electron chi connectivity index (χ2n) is 5.09. The van der Waals surface area contributed by atoms with Gasteiger partial charge in [-0.05, 0) is 51.0 Å². The van der Waals surface area contributed by atoms with Crippen LogP contribution in [0.25, 0.3) is 0 Å². The molecule has 0 saturated carbocycles. The zero-order chi connectivity index (χ0) is 13.1. The van der Waals surface area contributed by atoms with Crippen LogP contribution in [-0.4, -0.2) is 18.4 Å². The number of hydrogen-bond acceptors (Lipinski definition) is 3. The van der Waals surface area contributed by atoms with Crippen LogP contribution in [-0.2, 0) is 0 Å². The van der Waals surface area contributed by atoms with E-state index in [-0.39, 0.29) is 11.3 Å². The lowest BCUT2D eigenvalue weighted by molar-refractivity contribution is 0.0972. The number of methoxy groups -OCH3 is 1. The lowest BCUT2D eigenvalue weighted by atomic mass is 9.94. The molecule has 3 heteroatoms. The van der Waals surface area contributed by atoms with Crippen LogP contribution in [0.4, 0.5) is 0 Å². The molecule has 0 aliphatic carbocycles. The summed E-state index contributed by atoms with van der Waals surface area (Å²) in [4.78, 5) is 12.0. The molecule has 94 valence electrons. The van der Waals surface area contributed by atoms with Crippen LogP contribution in [0.1, 0.15) is 42.6 Å². The van der Waals surface area contributed by atoms with Crippen molar-refractivity contribution < 1.29 is 9.53 Å². The molecule has 0 unspecified atom stereocenters. The number of hydrogen-bond donors (Lipinski definition) is 1. The summed E-state index contributed by atoms with van der Waals surface area (Å²) in [6.07, 6.45) is 1.17. The summed E-state index contributed by atoms with van der Waals surface area (Å²) in [7, 11) is 1.62. The molecule has 3 nitrogen and oxygen atoms in total. The standard InChI is InChI=1S/C14H21NO2/c1-10-9-11(17-4)5-6-12(10)13(16)7-8-14(2,3)15/h5-6,9H,7-8,15H2,1-4H3. The second-order valence-corrected chi connectivity index (χ2v) is 5.09. The Balaban J connectivity index is 2.76. The molecule has 0 amide bonds. The highest BCUT2D eigenvalue weighted by atomic mass is 16.5. The average Bonchev–Trinajstić information content (AvgIpc) is 2.24. The Kier molecular flexibility index (Phi) is 4.29. The molecule has 0 radical (unpaired) electrons. The number of aryl methyl sites for hydroxylation is 1. The van der Waals surface area contributed by atoms with Crippen molar-refractivity contribution in [3.63, 3.8) is 0 Å². The first kappa shape index (κ1) is 13.7. The van der Waals surface area contributed by atoms with E-state index in [9.17, 15) is 4.79 Å². The van der Waals surface area contributed by atoms with Gasteiger partial charge in [-0.3, -0.25) is 4.79 Å². The number of nitrogens with two attached hydrogens (primary N) is 1. The van der Waals surface area contributed by atoms with Gasteiger partial charge in [0.1, 0.15) is 5.75 Å². The molecule has 2 N–H and O–H groups in total. The van der Waals surface area contributed by atoms with Gasteiger partial charge in [0.15, 0.2) is 5.78 Å². The Bertz CT molecular complexity index is 405. The van der Waals surface area contributed by atoms with Crippen molar-refractivity contribution in [3.05, 3.63) is 29.3 Å². The normalized spacial score (nSPS) is 11.4. The van der Waals surface area contributed by atoms with Crippen LogP contribution in [0.15, 0.2) is 18.2 Å². The molecule has 0 aliphatic rings. The van der Waals surface area contributed by atoms with Crippen molar-refractivity contribution in [2.24, 2.45) is 5.73 Å². The number of carbonyl (C=O) groups excluding carboxylic acids is 1. The van der Waals surface area contributed by atoms with Crippen molar-refractivity contribution in [2.75, 3.05) is 7.11 Å². The smallest absolute Gasteiger partial charge is 0.163 e. The van der Waals surface area contributed by atoms with E-state index >= 15 is 0 Å². The van der Waals surface area contributed by atoms with E-state index in [0.29, 0.717) is 12.8 Å². The molecule has 0 aromatic heterocycles. The number of ketones is 1. The van der Waals surface area contributed by atoms with Crippen molar-refractivity contribution in [3.8, 4) is 5.75 Å². The van der Waals surface area contributed by atoms with Crippen molar-refractivity contribution >= 4 is 5.78 Å². The quantitative estimate of drug-likeness (QED) is 0.798. The predicted molar refractivity (Wildman–Crippen MR) is 69.6 cm³/mol. The topological polar surface area (TPSA) is 52.3 Å². The molecule has 0 aliphatic heterocycles. The zero-order valence-corrected chi connectivity index (χ0v) is 11.0. The summed E-state index contributed by atoms with van der Waals surface area (Å²) in [6, 6.07) is 5.51. The van der Waals surface area contributed by atoms with Gasteiger partial charge in [0, 0.05) is 17.5 Å². The van der Waals surface area contributed by atoms with Gasteiger partial charge >= 0.3 is 0 Å². The summed E-state index contributed by atoms with van der Waals surface area (Å²) >= 11 is 0. The summed E-state index contributed by atoms with van der Waals surface area (Å²) in [5, 5.41) is 0. The Morgan fingerprint density at radius 1 is 1.41 bits per heavy atom. The molecule has 0 bridgehead atoms. The monoisotopic (exact) mass is 235 g/mol. The third-order valence-corrected chi connectivity index (χ3v) is 2.73. The van der Waals surface area contributed by atoms with Gasteiger partial charge in [-0.25, -0.2) is 0 Å². The Hall–Kier alpha value is -1.35. The van der Waals surface area contributed by atoms with Crippen LogP contribution < -0.4 is 10.5 Å². The molecule has 0 fully saturated rings. The van der Waals surface area contributed by atoms with Crippen LogP contribution in [0.2, 0.25) is 0 Å². The lowest BCUT2D eigenvalue weighted by Crippen LogP contribution is -2.32. The van der Waals surface area contributed by atoms with Crippen LogP contribution in [0.5, 0.6) is 5.75 Å². The van der Waals surface area contributed by atoms with Gasteiger partial charge in [-0.15, -0.1) is 0 Å². The third kappa shape index (κ3) is 4.19. The molecule has 0 saturated heterocycles. The second kappa shape index (κ2) is 5.32. The molecular formula is C14H21NO2. The van der Waals surface area contributed by atoms with Crippen molar-refractivity contribution in [2.45, 2.75) is 39.2 Å². The molecule has 1 aromatic rings.